The average molecular weight is 334 g/mol. The van der Waals surface area contributed by atoms with E-state index in [1.54, 1.807) is 12.1 Å². The third-order valence-corrected chi connectivity index (χ3v) is 3.07. The molecular formula is C13H13Cl2NO5. The molecule has 0 aliphatic heterocycles. The second kappa shape index (κ2) is 7.85. The first-order chi connectivity index (χ1) is 9.79. The number of esters is 1. The summed E-state index contributed by atoms with van der Waals surface area (Å²) in [5, 5.41) is 12.1. The summed E-state index contributed by atoms with van der Waals surface area (Å²) in [5.74, 6) is -2.56. The molecule has 114 valence electrons. The molecule has 21 heavy (non-hydrogen) atoms. The molecule has 8 heteroatoms. The van der Waals surface area contributed by atoms with Crippen LogP contribution in [0.25, 0.3) is 0 Å². The molecule has 2 N–H and O–H groups in total. The molecular weight excluding hydrogens is 321 g/mol. The number of amides is 1. The lowest BCUT2D eigenvalue weighted by Gasteiger charge is -2.15. The first-order valence-corrected chi connectivity index (χ1v) is 6.64. The summed E-state index contributed by atoms with van der Waals surface area (Å²) in [6, 6.07) is 3.45. The lowest BCUT2D eigenvalue weighted by molar-refractivity contribution is -0.148. The van der Waals surface area contributed by atoms with Crippen molar-refractivity contribution in [3.63, 3.8) is 0 Å². The van der Waals surface area contributed by atoms with Crippen LogP contribution in [0.3, 0.4) is 0 Å². The van der Waals surface area contributed by atoms with Crippen LogP contribution in [0.15, 0.2) is 18.2 Å². The van der Waals surface area contributed by atoms with E-state index in [1.807, 2.05) is 0 Å². The molecule has 1 rings (SSSR count). The smallest absolute Gasteiger partial charge is 0.326 e. The maximum absolute atomic E-state index is 11.5. The van der Waals surface area contributed by atoms with Crippen molar-refractivity contribution in [1.82, 2.24) is 5.32 Å². The molecule has 0 saturated heterocycles. The minimum absolute atomic E-state index is 0.0167. The van der Waals surface area contributed by atoms with Gasteiger partial charge in [0.25, 0.3) is 5.91 Å². The van der Waals surface area contributed by atoms with Crippen LogP contribution in [0.1, 0.15) is 12.5 Å². The van der Waals surface area contributed by atoms with E-state index in [9.17, 15) is 14.4 Å². The van der Waals surface area contributed by atoms with Crippen LogP contribution < -0.4 is 5.32 Å². The highest BCUT2D eigenvalue weighted by atomic mass is 35.5. The van der Waals surface area contributed by atoms with Gasteiger partial charge >= 0.3 is 11.9 Å². The molecule has 0 spiro atoms. The Morgan fingerprint density at radius 1 is 1.33 bits per heavy atom. The minimum atomic E-state index is -1.22. The molecule has 6 nitrogen and oxygen atoms in total. The molecule has 0 aromatic heterocycles. The predicted molar refractivity (Wildman–Crippen MR) is 76.4 cm³/mol. The second-order valence-electron chi connectivity index (χ2n) is 4.18. The minimum Gasteiger partial charge on any atom is -0.480 e. The monoisotopic (exact) mass is 333 g/mol. The van der Waals surface area contributed by atoms with Crippen molar-refractivity contribution < 1.29 is 24.2 Å². The number of halogens is 2. The number of aliphatic carboxylic acids is 1. The van der Waals surface area contributed by atoms with E-state index in [2.05, 4.69) is 10.1 Å². The Labute approximate surface area is 131 Å². The number of carboxylic acid groups (broad SMARTS) is 1. The van der Waals surface area contributed by atoms with Gasteiger partial charge in [-0.25, -0.2) is 4.79 Å². The molecule has 1 aromatic rings. The summed E-state index contributed by atoms with van der Waals surface area (Å²) in [5.41, 5.74) is 0.529. The molecule has 0 bridgehead atoms. The van der Waals surface area contributed by atoms with E-state index >= 15 is 0 Å². The van der Waals surface area contributed by atoms with Gasteiger partial charge in [-0.3, -0.25) is 9.59 Å². The highest BCUT2D eigenvalue weighted by molar-refractivity contribution is 6.35. The Balaban J connectivity index is 2.71. The summed E-state index contributed by atoms with van der Waals surface area (Å²) in [6.45, 7) is 0.614. The van der Waals surface area contributed by atoms with Crippen molar-refractivity contribution in [3.05, 3.63) is 33.8 Å². The first-order valence-electron chi connectivity index (χ1n) is 5.89. The van der Waals surface area contributed by atoms with Gasteiger partial charge in [-0.15, -0.1) is 0 Å². The first kappa shape index (κ1) is 17.3. The van der Waals surface area contributed by atoms with E-state index in [0.29, 0.717) is 15.6 Å². The zero-order chi connectivity index (χ0) is 16.0. The van der Waals surface area contributed by atoms with E-state index in [4.69, 9.17) is 28.3 Å². The largest absolute Gasteiger partial charge is 0.480 e. The Morgan fingerprint density at radius 3 is 2.52 bits per heavy atom. The highest BCUT2D eigenvalue weighted by Gasteiger charge is 2.22. The second-order valence-corrected chi connectivity index (χ2v) is 5.02. The number of carboxylic acids is 1. The van der Waals surface area contributed by atoms with E-state index in [-0.39, 0.29) is 6.42 Å². The molecule has 1 atom stereocenters. The van der Waals surface area contributed by atoms with Gasteiger partial charge in [0.1, 0.15) is 6.04 Å². The maximum atomic E-state index is 11.5. The van der Waals surface area contributed by atoms with Gasteiger partial charge in [-0.05, 0) is 17.7 Å². The normalized spacial score (nSPS) is 11.6. The quantitative estimate of drug-likeness (QED) is 0.772. The average Bonchev–Trinajstić information content (AvgIpc) is 2.38. The molecule has 0 aliphatic carbocycles. The number of nitrogens with one attached hydrogen (secondary N) is 1. The van der Waals surface area contributed by atoms with Gasteiger partial charge in [0.2, 0.25) is 0 Å². The highest BCUT2D eigenvalue weighted by Crippen LogP contribution is 2.22. The molecule has 0 heterocycles. The van der Waals surface area contributed by atoms with Crippen LogP contribution in [-0.2, 0) is 25.5 Å². The number of rotatable bonds is 6. The number of ether oxygens (including phenoxy) is 1. The van der Waals surface area contributed by atoms with Crippen LogP contribution >= 0.6 is 23.2 Å². The van der Waals surface area contributed by atoms with Crippen LogP contribution in [0.2, 0.25) is 10.0 Å². The van der Waals surface area contributed by atoms with Gasteiger partial charge in [0.05, 0.1) is 0 Å². The van der Waals surface area contributed by atoms with Crippen LogP contribution in [-0.4, -0.2) is 35.6 Å². The standard InChI is InChI=1S/C13H13Cl2NO5/c1-7(17)21-6-12(18)16-11(13(19)20)4-8-2-3-9(14)5-10(8)15/h2-3,5,11H,4,6H2,1H3,(H,16,18)(H,19,20)/t11-/m0/s1. The van der Waals surface area contributed by atoms with E-state index in [0.717, 1.165) is 6.92 Å². The van der Waals surface area contributed by atoms with Crippen molar-refractivity contribution in [2.45, 2.75) is 19.4 Å². The van der Waals surface area contributed by atoms with Crippen molar-refractivity contribution in [2.75, 3.05) is 6.61 Å². The molecule has 0 unspecified atom stereocenters. The summed E-state index contributed by atoms with van der Waals surface area (Å²) >= 11 is 11.7. The van der Waals surface area contributed by atoms with Crippen molar-refractivity contribution in [2.24, 2.45) is 0 Å². The maximum Gasteiger partial charge on any atom is 0.326 e. The summed E-state index contributed by atoms with van der Waals surface area (Å²) in [6.07, 6.45) is -0.0167. The molecule has 0 saturated carbocycles. The zero-order valence-corrected chi connectivity index (χ0v) is 12.6. The Hall–Kier alpha value is -1.79. The topological polar surface area (TPSA) is 92.7 Å². The summed E-state index contributed by atoms with van der Waals surface area (Å²) in [7, 11) is 0. The molecule has 0 fully saturated rings. The number of benzene rings is 1. The number of hydrogen-bond donors (Lipinski definition) is 2. The van der Waals surface area contributed by atoms with Gasteiger partial charge < -0.3 is 15.2 Å². The van der Waals surface area contributed by atoms with Crippen molar-refractivity contribution in [1.29, 1.82) is 0 Å². The summed E-state index contributed by atoms with van der Waals surface area (Å²) in [4.78, 5) is 33.2. The summed E-state index contributed by atoms with van der Waals surface area (Å²) < 4.78 is 4.49. The lowest BCUT2D eigenvalue weighted by Crippen LogP contribution is -2.44. The van der Waals surface area contributed by atoms with E-state index in [1.165, 1.54) is 6.07 Å². The van der Waals surface area contributed by atoms with E-state index < -0.39 is 30.5 Å². The number of carbonyl (C=O) groups excluding carboxylic acids is 2. The van der Waals surface area contributed by atoms with Crippen LogP contribution in [0.4, 0.5) is 0 Å². The molecule has 1 amide bonds. The van der Waals surface area contributed by atoms with Gasteiger partial charge in [0.15, 0.2) is 6.61 Å². The number of hydrogen-bond acceptors (Lipinski definition) is 4. The lowest BCUT2D eigenvalue weighted by atomic mass is 10.1. The molecule has 0 aliphatic rings. The fourth-order valence-electron chi connectivity index (χ4n) is 1.51. The van der Waals surface area contributed by atoms with Crippen LogP contribution in [0.5, 0.6) is 0 Å². The van der Waals surface area contributed by atoms with Gasteiger partial charge in [-0.1, -0.05) is 29.3 Å². The van der Waals surface area contributed by atoms with Gasteiger partial charge in [-0.2, -0.15) is 0 Å². The molecule has 0 radical (unpaired) electrons. The third kappa shape index (κ3) is 6.01. The Morgan fingerprint density at radius 2 is 2.00 bits per heavy atom. The predicted octanol–water partition coefficient (Wildman–Crippen LogP) is 1.67. The SMILES string of the molecule is CC(=O)OCC(=O)N[C@@H](Cc1ccc(Cl)cc1Cl)C(=O)O. The Kier molecular flexibility index (Phi) is 6.45. The Bertz CT molecular complexity index is 561. The van der Waals surface area contributed by atoms with Gasteiger partial charge in [0, 0.05) is 23.4 Å². The molecule has 1 aromatic carbocycles. The van der Waals surface area contributed by atoms with Crippen molar-refractivity contribution >= 4 is 41.0 Å². The fourth-order valence-corrected chi connectivity index (χ4v) is 2.00. The fraction of sp³-hybridized carbons (Fsp3) is 0.308. The zero-order valence-electron chi connectivity index (χ0n) is 11.1. The van der Waals surface area contributed by atoms with Crippen LogP contribution in [0, 0.1) is 0 Å². The third-order valence-electron chi connectivity index (χ3n) is 2.48. The number of carbonyl (C=O) groups is 3. The van der Waals surface area contributed by atoms with Crippen molar-refractivity contribution in [3.8, 4) is 0 Å².